The van der Waals surface area contributed by atoms with Crippen molar-refractivity contribution >= 4 is 40.0 Å². The van der Waals surface area contributed by atoms with Crippen LogP contribution < -0.4 is 5.48 Å². The van der Waals surface area contributed by atoms with Gasteiger partial charge < -0.3 is 4.57 Å². The maximum absolute atomic E-state index is 11.5. The summed E-state index contributed by atoms with van der Waals surface area (Å²) >= 11 is 12.2. The fourth-order valence-electron chi connectivity index (χ4n) is 2.26. The molecule has 0 unspecified atom stereocenters. The lowest BCUT2D eigenvalue weighted by Gasteiger charge is -2.09. The summed E-state index contributed by atoms with van der Waals surface area (Å²) in [6.07, 6.45) is 3.46. The lowest BCUT2D eigenvalue weighted by Crippen LogP contribution is -2.19. The van der Waals surface area contributed by atoms with E-state index in [-0.39, 0.29) is 5.69 Å². The second kappa shape index (κ2) is 5.96. The molecule has 0 aliphatic carbocycles. The number of carbonyl (C=O) groups excluding carboxylic acids is 1. The van der Waals surface area contributed by atoms with Gasteiger partial charge in [-0.2, -0.15) is 0 Å². The van der Waals surface area contributed by atoms with E-state index >= 15 is 0 Å². The van der Waals surface area contributed by atoms with Crippen molar-refractivity contribution in [3.63, 3.8) is 0 Å². The largest absolute Gasteiger partial charge is 0.343 e. The van der Waals surface area contributed by atoms with Gasteiger partial charge in [0.2, 0.25) is 0 Å². The Morgan fingerprint density at radius 3 is 2.91 bits per heavy atom. The first kappa shape index (κ1) is 14.8. The van der Waals surface area contributed by atoms with Gasteiger partial charge in [0.1, 0.15) is 5.69 Å². The van der Waals surface area contributed by atoms with Crippen molar-refractivity contribution in [3.8, 4) is 0 Å². The van der Waals surface area contributed by atoms with Crippen LogP contribution in [0.1, 0.15) is 16.1 Å². The molecule has 2 N–H and O–H groups in total. The molecule has 2 aromatic heterocycles. The van der Waals surface area contributed by atoms with Gasteiger partial charge >= 0.3 is 0 Å². The maximum atomic E-state index is 11.5. The van der Waals surface area contributed by atoms with Gasteiger partial charge in [-0.1, -0.05) is 35.3 Å². The summed E-state index contributed by atoms with van der Waals surface area (Å²) in [6.45, 7) is 0.507. The van der Waals surface area contributed by atoms with Gasteiger partial charge in [0.05, 0.1) is 15.6 Å². The van der Waals surface area contributed by atoms with Crippen molar-refractivity contribution < 1.29 is 10.0 Å². The minimum absolute atomic E-state index is 0.132. The molecule has 2 heterocycles. The number of halogens is 2. The Morgan fingerprint density at radius 2 is 2.14 bits per heavy atom. The standard InChI is InChI=1S/C15H11Cl2N3O2/c16-11-3-1-2-10(14(11)17)8-20-5-4-9-7-18-12(6-13(9)20)15(21)19-22/h1-7,22H,8H2,(H,19,21). The number of amides is 1. The molecule has 0 atom stereocenters. The summed E-state index contributed by atoms with van der Waals surface area (Å²) < 4.78 is 1.93. The van der Waals surface area contributed by atoms with E-state index in [2.05, 4.69) is 4.98 Å². The van der Waals surface area contributed by atoms with Crippen molar-refractivity contribution in [1.29, 1.82) is 0 Å². The van der Waals surface area contributed by atoms with Crippen LogP contribution in [0.2, 0.25) is 10.0 Å². The van der Waals surface area contributed by atoms with Crippen LogP contribution in [-0.4, -0.2) is 20.7 Å². The SMILES string of the molecule is O=C(NO)c1cc2c(ccn2Cc2cccc(Cl)c2Cl)cn1. The third-order valence-corrected chi connectivity index (χ3v) is 4.22. The first-order valence-electron chi connectivity index (χ1n) is 6.42. The van der Waals surface area contributed by atoms with E-state index in [1.54, 1.807) is 23.8 Å². The fourth-order valence-corrected chi connectivity index (χ4v) is 2.64. The molecule has 1 amide bonds. The minimum Gasteiger partial charge on any atom is -0.343 e. The van der Waals surface area contributed by atoms with Crippen molar-refractivity contribution in [1.82, 2.24) is 15.0 Å². The van der Waals surface area contributed by atoms with E-state index in [0.717, 1.165) is 16.5 Å². The number of hydrogen-bond acceptors (Lipinski definition) is 3. The Kier molecular flexibility index (Phi) is 4.02. The van der Waals surface area contributed by atoms with Gasteiger partial charge in [-0.3, -0.25) is 15.0 Å². The molecule has 0 spiro atoms. The first-order valence-corrected chi connectivity index (χ1v) is 7.18. The van der Waals surface area contributed by atoms with Crippen LogP contribution in [-0.2, 0) is 6.54 Å². The average Bonchev–Trinajstić information content (AvgIpc) is 2.93. The molecule has 0 fully saturated rings. The number of fused-ring (bicyclic) bond motifs is 1. The van der Waals surface area contributed by atoms with Gasteiger partial charge in [-0.15, -0.1) is 0 Å². The molecule has 1 aromatic carbocycles. The molecule has 0 aliphatic rings. The van der Waals surface area contributed by atoms with Gasteiger partial charge in [0.25, 0.3) is 5.91 Å². The molecular weight excluding hydrogens is 325 g/mol. The quantitative estimate of drug-likeness (QED) is 0.568. The van der Waals surface area contributed by atoms with Crippen LogP contribution in [0.4, 0.5) is 0 Å². The summed E-state index contributed by atoms with van der Waals surface area (Å²) in [5.41, 5.74) is 3.39. The van der Waals surface area contributed by atoms with E-state index < -0.39 is 5.91 Å². The molecule has 0 radical (unpaired) electrons. The minimum atomic E-state index is -0.657. The Balaban J connectivity index is 2.03. The zero-order valence-corrected chi connectivity index (χ0v) is 12.8. The smallest absolute Gasteiger partial charge is 0.293 e. The summed E-state index contributed by atoms with van der Waals surface area (Å²) in [4.78, 5) is 15.5. The van der Waals surface area contributed by atoms with E-state index in [1.165, 1.54) is 0 Å². The highest BCUT2D eigenvalue weighted by molar-refractivity contribution is 6.42. The predicted octanol–water partition coefficient (Wildman–Crippen LogP) is 3.51. The molecule has 3 rings (SSSR count). The summed E-state index contributed by atoms with van der Waals surface area (Å²) in [5.74, 6) is -0.657. The molecule has 0 saturated carbocycles. The van der Waals surface area contributed by atoms with Gasteiger partial charge in [0.15, 0.2) is 0 Å². The van der Waals surface area contributed by atoms with Gasteiger partial charge in [0, 0.05) is 24.3 Å². The molecule has 3 aromatic rings. The van der Waals surface area contributed by atoms with E-state index in [0.29, 0.717) is 16.6 Å². The van der Waals surface area contributed by atoms with Gasteiger partial charge in [-0.25, -0.2) is 5.48 Å². The highest BCUT2D eigenvalue weighted by Crippen LogP contribution is 2.27. The molecule has 0 aliphatic heterocycles. The molecule has 0 saturated heterocycles. The number of nitrogens with zero attached hydrogens (tertiary/aromatic N) is 2. The Morgan fingerprint density at radius 1 is 1.32 bits per heavy atom. The van der Waals surface area contributed by atoms with Gasteiger partial charge in [-0.05, 0) is 23.8 Å². The second-order valence-electron chi connectivity index (χ2n) is 4.73. The van der Waals surface area contributed by atoms with Crippen LogP contribution in [0.5, 0.6) is 0 Å². The number of hydrogen-bond donors (Lipinski definition) is 2. The fraction of sp³-hybridized carbons (Fsp3) is 0.0667. The molecule has 112 valence electrons. The van der Waals surface area contributed by atoms with Crippen LogP contribution in [0, 0.1) is 0 Å². The Hall–Kier alpha value is -2.08. The number of aromatic nitrogens is 2. The van der Waals surface area contributed by atoms with Crippen LogP contribution in [0.3, 0.4) is 0 Å². The van der Waals surface area contributed by atoms with E-state index in [9.17, 15) is 4.79 Å². The van der Waals surface area contributed by atoms with Crippen LogP contribution in [0.15, 0.2) is 42.7 Å². The number of carbonyl (C=O) groups is 1. The number of hydroxylamine groups is 1. The average molecular weight is 336 g/mol. The lowest BCUT2D eigenvalue weighted by molar-refractivity contribution is 0.0701. The summed E-state index contributed by atoms with van der Waals surface area (Å²) in [5, 5.41) is 10.6. The number of nitrogens with one attached hydrogen (secondary N) is 1. The first-order chi connectivity index (χ1) is 10.6. The zero-order valence-electron chi connectivity index (χ0n) is 11.3. The second-order valence-corrected chi connectivity index (χ2v) is 5.51. The molecule has 7 heteroatoms. The van der Waals surface area contributed by atoms with Crippen molar-refractivity contribution in [2.75, 3.05) is 0 Å². The molecule has 0 bridgehead atoms. The molecule has 22 heavy (non-hydrogen) atoms. The highest BCUT2D eigenvalue weighted by atomic mass is 35.5. The monoisotopic (exact) mass is 335 g/mol. The summed E-state index contributed by atoms with van der Waals surface area (Å²) in [7, 11) is 0. The number of benzene rings is 1. The van der Waals surface area contributed by atoms with E-state index in [4.69, 9.17) is 28.4 Å². The third kappa shape index (κ3) is 2.66. The van der Waals surface area contributed by atoms with Crippen LogP contribution in [0.25, 0.3) is 10.9 Å². The maximum Gasteiger partial charge on any atom is 0.293 e. The van der Waals surface area contributed by atoms with E-state index in [1.807, 2.05) is 29.0 Å². The Bertz CT molecular complexity index is 861. The molecule has 5 nitrogen and oxygen atoms in total. The Labute approximate surface area is 136 Å². The third-order valence-electron chi connectivity index (χ3n) is 3.36. The van der Waals surface area contributed by atoms with Crippen molar-refractivity contribution in [3.05, 3.63) is 64.0 Å². The van der Waals surface area contributed by atoms with Crippen molar-refractivity contribution in [2.45, 2.75) is 6.54 Å². The highest BCUT2D eigenvalue weighted by Gasteiger charge is 2.11. The topological polar surface area (TPSA) is 67.2 Å². The molecular formula is C15H11Cl2N3O2. The number of rotatable bonds is 3. The predicted molar refractivity (Wildman–Crippen MR) is 84.5 cm³/mol. The summed E-state index contributed by atoms with van der Waals surface area (Å²) in [6, 6.07) is 8.96. The van der Waals surface area contributed by atoms with Crippen LogP contribution >= 0.6 is 23.2 Å². The number of pyridine rings is 1. The zero-order chi connectivity index (χ0) is 15.7. The lowest BCUT2D eigenvalue weighted by atomic mass is 10.2. The normalized spacial score (nSPS) is 10.9. The van der Waals surface area contributed by atoms with Crippen molar-refractivity contribution in [2.24, 2.45) is 0 Å².